The minimum Gasteiger partial charge on any atom is -0.207 e. The molecular formula is C14H11F6N3O2S. The van der Waals surface area contributed by atoms with E-state index in [0.717, 1.165) is 0 Å². The molecule has 0 aliphatic heterocycles. The zero-order valence-corrected chi connectivity index (χ0v) is 13.7. The number of nitrogens with zero attached hydrogens (tertiary/aromatic N) is 3. The van der Waals surface area contributed by atoms with E-state index in [1.807, 2.05) is 0 Å². The second-order valence-corrected chi connectivity index (χ2v) is 6.90. The van der Waals surface area contributed by atoms with Crippen LogP contribution in [0.2, 0.25) is 0 Å². The van der Waals surface area contributed by atoms with Gasteiger partial charge in [-0.25, -0.2) is 8.42 Å². The highest BCUT2D eigenvalue weighted by atomic mass is 32.2. The molecule has 142 valence electrons. The smallest absolute Gasteiger partial charge is 0.207 e. The second-order valence-electron chi connectivity index (χ2n) is 4.96. The first kappa shape index (κ1) is 21.7. The van der Waals surface area contributed by atoms with E-state index in [9.17, 15) is 34.8 Å². The van der Waals surface area contributed by atoms with Crippen molar-refractivity contribution < 1.29 is 34.8 Å². The number of alkyl halides is 6. The van der Waals surface area contributed by atoms with Gasteiger partial charge in [0.05, 0.1) is 28.2 Å². The Kier molecular flexibility index (Phi) is 6.63. The molecule has 0 N–H and O–H groups in total. The average molecular weight is 399 g/mol. The zero-order valence-electron chi connectivity index (χ0n) is 12.9. The van der Waals surface area contributed by atoms with Crippen molar-refractivity contribution in [2.45, 2.75) is 30.1 Å². The van der Waals surface area contributed by atoms with Crippen molar-refractivity contribution in [2.24, 2.45) is 0 Å². The highest BCUT2D eigenvalue weighted by Gasteiger charge is 2.39. The summed E-state index contributed by atoms with van der Waals surface area (Å²) in [6.45, 7) is -0.948. The van der Waals surface area contributed by atoms with Gasteiger partial charge in [0.15, 0.2) is 0 Å². The van der Waals surface area contributed by atoms with Gasteiger partial charge in [0, 0.05) is 25.9 Å². The average Bonchev–Trinajstić information content (AvgIpc) is 2.52. The summed E-state index contributed by atoms with van der Waals surface area (Å²) < 4.78 is 103. The lowest BCUT2D eigenvalue weighted by molar-refractivity contribution is -0.143. The van der Waals surface area contributed by atoms with Gasteiger partial charge >= 0.3 is 12.4 Å². The maximum atomic E-state index is 12.9. The van der Waals surface area contributed by atoms with Gasteiger partial charge in [-0.3, -0.25) is 0 Å². The highest BCUT2D eigenvalue weighted by Crippen LogP contribution is 2.37. The van der Waals surface area contributed by atoms with Gasteiger partial charge in [-0.2, -0.15) is 41.2 Å². The van der Waals surface area contributed by atoms with Crippen LogP contribution in [0.5, 0.6) is 0 Å². The molecule has 26 heavy (non-hydrogen) atoms. The predicted octanol–water partition coefficient (Wildman–Crippen LogP) is 3.54. The van der Waals surface area contributed by atoms with Crippen LogP contribution in [0, 0.1) is 22.7 Å². The van der Waals surface area contributed by atoms with Crippen LogP contribution in [0.15, 0.2) is 23.1 Å². The van der Waals surface area contributed by atoms with Crippen LogP contribution in [0.1, 0.15) is 24.0 Å². The molecule has 0 bridgehead atoms. The minimum atomic E-state index is -5.20. The quantitative estimate of drug-likeness (QED) is 0.685. The Morgan fingerprint density at radius 2 is 1.23 bits per heavy atom. The fourth-order valence-corrected chi connectivity index (χ4v) is 3.44. The highest BCUT2D eigenvalue weighted by molar-refractivity contribution is 7.89. The summed E-state index contributed by atoms with van der Waals surface area (Å²) >= 11 is 0. The third-order valence-electron chi connectivity index (χ3n) is 3.14. The topological polar surface area (TPSA) is 85.0 Å². The number of rotatable bonds is 6. The molecular weight excluding hydrogens is 388 g/mol. The third-order valence-corrected chi connectivity index (χ3v) is 5.02. The van der Waals surface area contributed by atoms with E-state index in [-0.39, 0.29) is 31.0 Å². The van der Waals surface area contributed by atoms with Crippen molar-refractivity contribution in [3.05, 3.63) is 29.3 Å². The van der Waals surface area contributed by atoms with E-state index in [1.165, 1.54) is 0 Å². The van der Waals surface area contributed by atoms with Crippen molar-refractivity contribution in [2.75, 3.05) is 13.1 Å². The van der Waals surface area contributed by atoms with Gasteiger partial charge in [-0.05, 0) is 18.2 Å². The molecule has 0 spiro atoms. The van der Waals surface area contributed by atoms with E-state index >= 15 is 0 Å². The largest absolute Gasteiger partial charge is 0.416 e. The lowest BCUT2D eigenvalue weighted by Crippen LogP contribution is -2.33. The molecule has 0 saturated heterocycles. The Labute approximate surface area is 145 Å². The van der Waals surface area contributed by atoms with Gasteiger partial charge in [-0.15, -0.1) is 0 Å². The lowest BCUT2D eigenvalue weighted by atomic mass is 10.1. The molecule has 1 aromatic carbocycles. The molecule has 0 radical (unpaired) electrons. The predicted molar refractivity (Wildman–Crippen MR) is 75.7 cm³/mol. The first-order valence-corrected chi connectivity index (χ1v) is 8.31. The fourth-order valence-electron chi connectivity index (χ4n) is 1.93. The Bertz CT molecular complexity index is 784. The summed E-state index contributed by atoms with van der Waals surface area (Å²) in [5, 5.41) is 17.1. The van der Waals surface area contributed by atoms with Crippen LogP contribution in [-0.2, 0) is 22.4 Å². The van der Waals surface area contributed by atoms with Crippen molar-refractivity contribution >= 4 is 10.0 Å². The van der Waals surface area contributed by atoms with Gasteiger partial charge in [-0.1, -0.05) is 0 Å². The van der Waals surface area contributed by atoms with E-state index in [4.69, 9.17) is 10.5 Å². The normalized spacial score (nSPS) is 12.7. The van der Waals surface area contributed by atoms with Crippen LogP contribution in [0.25, 0.3) is 0 Å². The molecule has 1 aromatic rings. The number of sulfonamides is 1. The standard InChI is InChI=1S/C14H11F6N3O2S/c15-13(16,17)10-7-11(14(18,19)20)9-12(8-10)26(24,25)23(5-1-3-21)6-2-4-22/h7-9H,1-2,5-6H2. The van der Waals surface area contributed by atoms with Crippen LogP contribution in [0.4, 0.5) is 26.3 Å². The molecule has 1 rings (SSSR count). The van der Waals surface area contributed by atoms with Gasteiger partial charge in [0.25, 0.3) is 0 Å². The van der Waals surface area contributed by atoms with Crippen molar-refractivity contribution in [1.82, 2.24) is 4.31 Å². The van der Waals surface area contributed by atoms with Crippen LogP contribution in [0.3, 0.4) is 0 Å². The number of benzene rings is 1. The Hall–Kier alpha value is -2.31. The van der Waals surface area contributed by atoms with Crippen molar-refractivity contribution in [3.8, 4) is 12.1 Å². The summed E-state index contributed by atoms with van der Waals surface area (Å²) in [6.07, 6.45) is -11.1. The van der Waals surface area contributed by atoms with E-state index in [0.29, 0.717) is 4.31 Å². The van der Waals surface area contributed by atoms with Gasteiger partial charge in [0.2, 0.25) is 10.0 Å². The maximum Gasteiger partial charge on any atom is 0.416 e. The van der Waals surface area contributed by atoms with E-state index in [2.05, 4.69) is 0 Å². The number of hydrogen-bond donors (Lipinski definition) is 0. The molecule has 0 fully saturated rings. The summed E-state index contributed by atoms with van der Waals surface area (Å²) in [6, 6.07) is 3.24. The van der Waals surface area contributed by atoms with Gasteiger partial charge in [0.1, 0.15) is 0 Å². The molecule has 0 aliphatic carbocycles. The van der Waals surface area contributed by atoms with Gasteiger partial charge < -0.3 is 0 Å². The molecule has 0 unspecified atom stereocenters. The molecule has 12 heteroatoms. The Balaban J connectivity index is 3.54. The summed E-state index contributed by atoms with van der Waals surface area (Å²) in [5.74, 6) is 0. The molecule has 0 aliphatic rings. The second kappa shape index (κ2) is 7.93. The molecule has 5 nitrogen and oxygen atoms in total. The van der Waals surface area contributed by atoms with Crippen LogP contribution in [-0.4, -0.2) is 25.8 Å². The first-order valence-electron chi connectivity index (χ1n) is 6.87. The summed E-state index contributed by atoms with van der Waals surface area (Å²) in [7, 11) is -4.78. The monoisotopic (exact) mass is 399 g/mol. The van der Waals surface area contributed by atoms with Crippen molar-refractivity contribution in [3.63, 3.8) is 0 Å². The van der Waals surface area contributed by atoms with Crippen LogP contribution >= 0.6 is 0 Å². The first-order chi connectivity index (χ1) is 11.8. The minimum absolute atomic E-state index is 0.0936. The SMILES string of the molecule is N#CCCN(CCC#N)S(=O)(=O)c1cc(C(F)(F)F)cc(C(F)(F)F)c1. The molecule has 0 atom stereocenters. The molecule has 0 amide bonds. The Morgan fingerprint density at radius 1 is 0.846 bits per heavy atom. The zero-order chi connectivity index (χ0) is 20.2. The van der Waals surface area contributed by atoms with E-state index in [1.54, 1.807) is 12.1 Å². The number of halogens is 6. The molecule has 0 aromatic heterocycles. The summed E-state index contributed by atoms with van der Waals surface area (Å²) in [4.78, 5) is -1.21. The third kappa shape index (κ3) is 5.34. The number of hydrogen-bond acceptors (Lipinski definition) is 4. The lowest BCUT2D eigenvalue weighted by Gasteiger charge is -2.21. The number of nitriles is 2. The van der Waals surface area contributed by atoms with E-state index < -0.39 is 51.5 Å². The Morgan fingerprint density at radius 3 is 1.54 bits per heavy atom. The van der Waals surface area contributed by atoms with Crippen LogP contribution < -0.4 is 0 Å². The maximum absolute atomic E-state index is 12.9. The summed E-state index contributed by atoms with van der Waals surface area (Å²) in [5.41, 5.74) is -3.54. The fraction of sp³-hybridized carbons (Fsp3) is 0.429. The van der Waals surface area contributed by atoms with Crippen molar-refractivity contribution in [1.29, 1.82) is 10.5 Å². The molecule has 0 heterocycles. The molecule has 0 saturated carbocycles.